The molecule has 2 unspecified atom stereocenters. The Labute approximate surface area is 77.3 Å². The molecule has 2 rings (SSSR count). The van der Waals surface area contributed by atoms with E-state index in [0.717, 1.165) is 32.2 Å². The molecule has 2 aliphatic heterocycles. The molecule has 0 aliphatic carbocycles. The van der Waals surface area contributed by atoms with E-state index in [0.29, 0.717) is 0 Å². The third-order valence-corrected chi connectivity index (χ3v) is 2.79. The lowest BCUT2D eigenvalue weighted by atomic mass is 10.2. The quantitative estimate of drug-likeness (QED) is 0.684. The first kappa shape index (κ1) is 8.69. The van der Waals surface area contributed by atoms with Gasteiger partial charge in [-0.1, -0.05) is 0 Å². The van der Waals surface area contributed by atoms with Crippen LogP contribution in [-0.2, 0) is 4.79 Å². The van der Waals surface area contributed by atoms with Gasteiger partial charge in [-0.3, -0.25) is 14.7 Å². The number of carboxylic acids is 1. The zero-order valence-corrected chi connectivity index (χ0v) is 7.52. The van der Waals surface area contributed by atoms with Crippen molar-refractivity contribution in [3.63, 3.8) is 0 Å². The van der Waals surface area contributed by atoms with Crippen LogP contribution in [0, 0.1) is 0 Å². The molecule has 1 saturated heterocycles. The van der Waals surface area contributed by atoms with Crippen LogP contribution in [0.3, 0.4) is 0 Å². The van der Waals surface area contributed by atoms with Crippen LogP contribution in [0.25, 0.3) is 0 Å². The monoisotopic (exact) mass is 182 g/mol. The summed E-state index contributed by atoms with van der Waals surface area (Å²) < 4.78 is 0. The molecule has 13 heavy (non-hydrogen) atoms. The van der Waals surface area contributed by atoms with Gasteiger partial charge in [-0.25, -0.2) is 0 Å². The van der Waals surface area contributed by atoms with Gasteiger partial charge in [-0.15, -0.1) is 0 Å². The van der Waals surface area contributed by atoms with E-state index in [1.165, 1.54) is 0 Å². The first-order valence-corrected chi connectivity index (χ1v) is 4.79. The lowest BCUT2D eigenvalue weighted by molar-refractivity contribution is -0.142. The number of hydrogen-bond acceptors (Lipinski definition) is 3. The summed E-state index contributed by atoms with van der Waals surface area (Å²) in [5.41, 5.74) is 0. The number of carboxylic acid groups (broad SMARTS) is 1. The summed E-state index contributed by atoms with van der Waals surface area (Å²) in [5, 5.41) is 8.95. The van der Waals surface area contributed by atoms with Crippen molar-refractivity contribution < 1.29 is 9.90 Å². The topological polar surface area (TPSA) is 52.9 Å². The highest BCUT2D eigenvalue weighted by Crippen LogP contribution is 2.24. The molecular weight excluding hydrogens is 168 g/mol. The van der Waals surface area contributed by atoms with Gasteiger partial charge in [0.25, 0.3) is 0 Å². The average Bonchev–Trinajstić information content (AvgIpc) is 2.74. The molecule has 0 bridgehead atoms. The maximum atomic E-state index is 10.9. The van der Waals surface area contributed by atoms with Gasteiger partial charge in [0, 0.05) is 12.8 Å². The van der Waals surface area contributed by atoms with Crippen molar-refractivity contribution >= 4 is 12.2 Å². The lowest BCUT2D eigenvalue weighted by Gasteiger charge is -2.25. The number of hydrogen-bond donors (Lipinski definition) is 1. The van der Waals surface area contributed by atoms with E-state index in [-0.39, 0.29) is 12.2 Å². The van der Waals surface area contributed by atoms with Gasteiger partial charge in [-0.05, 0) is 25.7 Å². The number of nitrogens with zero attached hydrogens (tertiary/aromatic N) is 2. The van der Waals surface area contributed by atoms with Crippen LogP contribution in [0.5, 0.6) is 0 Å². The zero-order valence-electron chi connectivity index (χ0n) is 7.52. The maximum absolute atomic E-state index is 10.9. The Hall–Kier alpha value is -0.900. The number of likely N-dealkylation sites (tertiary alicyclic amines) is 1. The molecule has 2 aliphatic rings. The highest BCUT2D eigenvalue weighted by atomic mass is 16.4. The molecule has 0 saturated carbocycles. The van der Waals surface area contributed by atoms with E-state index < -0.39 is 5.97 Å². The zero-order chi connectivity index (χ0) is 9.26. The molecule has 0 spiro atoms. The molecule has 0 aromatic rings. The molecule has 0 aromatic carbocycles. The third kappa shape index (κ3) is 1.58. The summed E-state index contributed by atoms with van der Waals surface area (Å²) in [7, 11) is 0. The summed E-state index contributed by atoms with van der Waals surface area (Å²) >= 11 is 0. The Morgan fingerprint density at radius 1 is 1.54 bits per heavy atom. The van der Waals surface area contributed by atoms with Crippen molar-refractivity contribution in [2.45, 2.75) is 37.9 Å². The molecular formula is C9H14N2O2. The summed E-state index contributed by atoms with van der Waals surface area (Å²) in [5.74, 6) is -0.695. The van der Waals surface area contributed by atoms with Gasteiger partial charge in [0.2, 0.25) is 0 Å². The maximum Gasteiger partial charge on any atom is 0.320 e. The van der Waals surface area contributed by atoms with Crippen LogP contribution >= 0.6 is 0 Å². The molecule has 72 valence electrons. The van der Waals surface area contributed by atoms with E-state index in [1.54, 1.807) is 0 Å². The van der Waals surface area contributed by atoms with E-state index in [9.17, 15) is 4.79 Å². The molecule has 1 fully saturated rings. The molecule has 0 amide bonds. The smallest absolute Gasteiger partial charge is 0.320 e. The van der Waals surface area contributed by atoms with Crippen LogP contribution in [0.2, 0.25) is 0 Å². The fourth-order valence-electron chi connectivity index (χ4n) is 2.16. The predicted octanol–water partition coefficient (Wildman–Crippen LogP) is 0.726. The van der Waals surface area contributed by atoms with Crippen molar-refractivity contribution in [1.29, 1.82) is 0 Å². The minimum absolute atomic E-state index is 0.142. The fraction of sp³-hybridized carbons (Fsp3) is 0.778. The number of carbonyl (C=O) groups is 1. The van der Waals surface area contributed by atoms with Crippen molar-refractivity contribution in [3.8, 4) is 0 Å². The standard InChI is InChI=1S/C9H14N2O2/c12-9(13)7-3-2-6-11(7)8-4-1-5-10-8/h5,7-8H,1-4,6H2,(H,12,13). The molecule has 2 atom stereocenters. The van der Waals surface area contributed by atoms with Gasteiger partial charge in [0.05, 0.1) is 0 Å². The normalized spacial score (nSPS) is 34.2. The molecule has 4 nitrogen and oxygen atoms in total. The molecule has 0 aromatic heterocycles. The number of rotatable bonds is 2. The summed E-state index contributed by atoms with van der Waals surface area (Å²) in [6.07, 6.45) is 5.80. The summed E-state index contributed by atoms with van der Waals surface area (Å²) in [6.45, 7) is 0.888. The second kappa shape index (κ2) is 3.46. The minimum Gasteiger partial charge on any atom is -0.480 e. The highest BCUT2D eigenvalue weighted by molar-refractivity contribution is 5.74. The third-order valence-electron chi connectivity index (χ3n) is 2.79. The van der Waals surface area contributed by atoms with Gasteiger partial charge < -0.3 is 5.11 Å². The number of aliphatic carboxylic acids is 1. The predicted molar refractivity (Wildman–Crippen MR) is 48.9 cm³/mol. The van der Waals surface area contributed by atoms with Crippen molar-refractivity contribution in [3.05, 3.63) is 0 Å². The Balaban J connectivity index is 2.04. The summed E-state index contributed by atoms with van der Waals surface area (Å²) in [4.78, 5) is 17.2. The minimum atomic E-state index is -0.695. The summed E-state index contributed by atoms with van der Waals surface area (Å²) in [6, 6.07) is -0.291. The first-order chi connectivity index (χ1) is 6.29. The van der Waals surface area contributed by atoms with Crippen LogP contribution in [0.4, 0.5) is 0 Å². The first-order valence-electron chi connectivity index (χ1n) is 4.79. The van der Waals surface area contributed by atoms with Crippen molar-refractivity contribution in [1.82, 2.24) is 4.90 Å². The lowest BCUT2D eigenvalue weighted by Crippen LogP contribution is -2.41. The number of aliphatic imine (C=N–C) groups is 1. The van der Waals surface area contributed by atoms with E-state index in [4.69, 9.17) is 5.11 Å². The second-order valence-electron chi connectivity index (χ2n) is 3.62. The van der Waals surface area contributed by atoms with Crippen molar-refractivity contribution in [2.75, 3.05) is 6.54 Å². The van der Waals surface area contributed by atoms with Crippen molar-refractivity contribution in [2.24, 2.45) is 4.99 Å². The molecule has 2 heterocycles. The molecule has 4 heteroatoms. The van der Waals surface area contributed by atoms with E-state index >= 15 is 0 Å². The van der Waals surface area contributed by atoms with Crippen LogP contribution in [-0.4, -0.2) is 40.9 Å². The largest absolute Gasteiger partial charge is 0.480 e. The SMILES string of the molecule is O=C(O)C1CCCN1C1CCC=N1. The van der Waals surface area contributed by atoms with E-state index in [1.807, 2.05) is 11.1 Å². The Morgan fingerprint density at radius 3 is 3.00 bits per heavy atom. The van der Waals surface area contributed by atoms with Gasteiger partial charge in [0.1, 0.15) is 12.2 Å². The van der Waals surface area contributed by atoms with E-state index in [2.05, 4.69) is 4.99 Å². The van der Waals surface area contributed by atoms with Crippen LogP contribution in [0.15, 0.2) is 4.99 Å². The highest BCUT2D eigenvalue weighted by Gasteiger charge is 2.35. The Bertz CT molecular complexity index is 240. The fourth-order valence-corrected chi connectivity index (χ4v) is 2.16. The average molecular weight is 182 g/mol. The Kier molecular flexibility index (Phi) is 2.31. The van der Waals surface area contributed by atoms with Gasteiger partial charge in [-0.2, -0.15) is 0 Å². The van der Waals surface area contributed by atoms with Gasteiger partial charge in [0.15, 0.2) is 0 Å². The molecule has 1 N–H and O–H groups in total. The second-order valence-corrected chi connectivity index (χ2v) is 3.62. The molecule has 0 radical (unpaired) electrons. The van der Waals surface area contributed by atoms with Gasteiger partial charge >= 0.3 is 5.97 Å². The van der Waals surface area contributed by atoms with Crippen LogP contribution < -0.4 is 0 Å². The van der Waals surface area contributed by atoms with Crippen LogP contribution in [0.1, 0.15) is 25.7 Å². The Morgan fingerprint density at radius 2 is 2.38 bits per heavy atom.